The Kier molecular flexibility index (Phi) is 3.88. The highest BCUT2D eigenvalue weighted by Gasteiger charge is 2.61. The number of carbonyl (C=O) groups is 1. The average Bonchev–Trinajstić information content (AvgIpc) is 2.88. The SMILES string of the molecule is CO[C@@H]1O[C@@]2(c3ccc(C(=O)O)cc3)CC[C@H]3CCCC[C@]31OO2. The van der Waals surface area contributed by atoms with Crippen LogP contribution in [0.3, 0.4) is 0 Å². The van der Waals surface area contributed by atoms with Gasteiger partial charge in [-0.2, -0.15) is 4.89 Å². The Bertz CT molecular complexity index is 625. The van der Waals surface area contributed by atoms with Crippen molar-refractivity contribution >= 4 is 5.97 Å². The van der Waals surface area contributed by atoms with Gasteiger partial charge in [-0.3, -0.25) is 0 Å². The second-order valence-corrected chi connectivity index (χ2v) is 6.92. The summed E-state index contributed by atoms with van der Waals surface area (Å²) in [6, 6.07) is 6.57. The van der Waals surface area contributed by atoms with Gasteiger partial charge in [0.15, 0.2) is 11.9 Å². The van der Waals surface area contributed by atoms with Crippen molar-refractivity contribution in [1.29, 1.82) is 0 Å². The summed E-state index contributed by atoms with van der Waals surface area (Å²) in [5.74, 6) is -1.65. The molecule has 0 unspecified atom stereocenters. The molecule has 24 heavy (non-hydrogen) atoms. The highest BCUT2D eigenvalue weighted by atomic mass is 17.3. The van der Waals surface area contributed by atoms with Crippen molar-refractivity contribution in [3.05, 3.63) is 35.4 Å². The van der Waals surface area contributed by atoms with E-state index in [1.807, 2.05) is 0 Å². The van der Waals surface area contributed by atoms with Crippen molar-refractivity contribution in [1.82, 2.24) is 0 Å². The molecule has 1 saturated carbocycles. The number of aromatic carboxylic acids is 1. The van der Waals surface area contributed by atoms with E-state index < -0.39 is 23.6 Å². The Hall–Kier alpha value is -1.47. The van der Waals surface area contributed by atoms with E-state index in [9.17, 15) is 4.79 Å². The van der Waals surface area contributed by atoms with Gasteiger partial charge in [-0.15, -0.1) is 0 Å². The molecule has 3 heterocycles. The van der Waals surface area contributed by atoms with E-state index in [4.69, 9.17) is 24.4 Å². The van der Waals surface area contributed by atoms with Crippen LogP contribution in [-0.2, 0) is 25.0 Å². The number of carboxylic acid groups (broad SMARTS) is 1. The van der Waals surface area contributed by atoms with E-state index in [-0.39, 0.29) is 5.56 Å². The zero-order valence-corrected chi connectivity index (χ0v) is 13.7. The van der Waals surface area contributed by atoms with Gasteiger partial charge in [0.2, 0.25) is 5.79 Å². The molecule has 4 atom stereocenters. The summed E-state index contributed by atoms with van der Waals surface area (Å²) >= 11 is 0. The van der Waals surface area contributed by atoms with Gasteiger partial charge in [-0.1, -0.05) is 25.0 Å². The molecule has 2 bridgehead atoms. The minimum Gasteiger partial charge on any atom is -0.478 e. The van der Waals surface area contributed by atoms with Crippen LogP contribution in [0.5, 0.6) is 0 Å². The number of carboxylic acids is 1. The summed E-state index contributed by atoms with van der Waals surface area (Å²) in [5.41, 5.74) is 0.450. The molecule has 6 nitrogen and oxygen atoms in total. The Morgan fingerprint density at radius 3 is 2.67 bits per heavy atom. The number of fused-ring (bicyclic) bond motifs is 3. The van der Waals surface area contributed by atoms with Gasteiger partial charge in [-0.25, -0.2) is 9.68 Å². The Balaban J connectivity index is 1.70. The van der Waals surface area contributed by atoms with Gasteiger partial charge >= 0.3 is 5.97 Å². The van der Waals surface area contributed by atoms with Gasteiger partial charge in [-0.05, 0) is 37.3 Å². The third-order valence-electron chi connectivity index (χ3n) is 5.70. The van der Waals surface area contributed by atoms with Crippen molar-refractivity contribution < 1.29 is 29.1 Å². The van der Waals surface area contributed by atoms with Crippen molar-refractivity contribution in [2.75, 3.05) is 7.11 Å². The smallest absolute Gasteiger partial charge is 0.335 e. The molecular weight excluding hydrogens is 312 g/mol. The molecule has 1 N–H and O–H groups in total. The standard InChI is InChI=1S/C18H22O6/c1-21-16-17-10-3-2-4-13(17)9-11-18(22-16,24-23-17)14-7-5-12(6-8-14)15(19)20/h5-8,13,16H,2-4,9-11H2,1H3,(H,19,20)/t13-,16-,17+,18+/m1/s1. The molecule has 1 spiro atoms. The molecule has 0 radical (unpaired) electrons. The van der Waals surface area contributed by atoms with Crippen LogP contribution in [0.25, 0.3) is 0 Å². The highest BCUT2D eigenvalue weighted by molar-refractivity contribution is 5.87. The molecule has 1 aromatic carbocycles. The van der Waals surface area contributed by atoms with Gasteiger partial charge in [0.1, 0.15) is 0 Å². The van der Waals surface area contributed by atoms with Gasteiger partial charge in [0.25, 0.3) is 0 Å². The Morgan fingerprint density at radius 2 is 1.96 bits per heavy atom. The minimum absolute atomic E-state index is 0.230. The second-order valence-electron chi connectivity index (χ2n) is 6.92. The van der Waals surface area contributed by atoms with E-state index in [2.05, 4.69) is 0 Å². The van der Waals surface area contributed by atoms with Crippen LogP contribution in [0, 0.1) is 5.92 Å². The predicted molar refractivity (Wildman–Crippen MR) is 83.1 cm³/mol. The lowest BCUT2D eigenvalue weighted by Gasteiger charge is -2.49. The van der Waals surface area contributed by atoms with Crippen molar-refractivity contribution in [3.8, 4) is 0 Å². The summed E-state index contributed by atoms with van der Waals surface area (Å²) in [6.45, 7) is 0. The van der Waals surface area contributed by atoms with E-state index in [1.165, 1.54) is 6.42 Å². The predicted octanol–water partition coefficient (Wildman–Crippen LogP) is 3.21. The topological polar surface area (TPSA) is 74.2 Å². The first-order valence-electron chi connectivity index (χ1n) is 8.51. The van der Waals surface area contributed by atoms with Crippen LogP contribution in [0.2, 0.25) is 0 Å². The number of rotatable bonds is 3. The van der Waals surface area contributed by atoms with E-state index >= 15 is 0 Å². The van der Waals surface area contributed by atoms with Crippen LogP contribution in [0.15, 0.2) is 24.3 Å². The molecule has 1 aromatic rings. The number of hydrogen-bond donors (Lipinski definition) is 1. The fourth-order valence-electron chi connectivity index (χ4n) is 4.37. The maximum Gasteiger partial charge on any atom is 0.335 e. The third-order valence-corrected chi connectivity index (χ3v) is 5.70. The summed E-state index contributed by atoms with van der Waals surface area (Å²) in [7, 11) is 1.64. The highest BCUT2D eigenvalue weighted by Crippen LogP contribution is 2.55. The third kappa shape index (κ3) is 2.29. The largest absolute Gasteiger partial charge is 0.478 e. The fourth-order valence-corrected chi connectivity index (χ4v) is 4.37. The van der Waals surface area contributed by atoms with Crippen LogP contribution in [0.4, 0.5) is 0 Å². The lowest BCUT2D eigenvalue weighted by atomic mass is 9.73. The molecule has 0 amide bonds. The minimum atomic E-state index is -1.04. The van der Waals surface area contributed by atoms with E-state index in [0.717, 1.165) is 31.2 Å². The van der Waals surface area contributed by atoms with Crippen molar-refractivity contribution in [2.45, 2.75) is 56.2 Å². The maximum absolute atomic E-state index is 11.1. The summed E-state index contributed by atoms with van der Waals surface area (Å²) in [4.78, 5) is 22.8. The molecule has 3 aliphatic heterocycles. The molecule has 4 fully saturated rings. The molecule has 0 aromatic heterocycles. The lowest BCUT2D eigenvalue weighted by Crippen LogP contribution is -2.59. The number of benzene rings is 1. The van der Waals surface area contributed by atoms with Crippen LogP contribution in [-0.4, -0.2) is 30.1 Å². The second kappa shape index (κ2) is 5.81. The van der Waals surface area contributed by atoms with Crippen LogP contribution in [0.1, 0.15) is 54.4 Å². The molecular formula is C18H22O6. The average molecular weight is 334 g/mol. The first-order chi connectivity index (χ1) is 11.6. The van der Waals surface area contributed by atoms with Crippen LogP contribution < -0.4 is 0 Å². The quantitative estimate of drug-likeness (QED) is 0.856. The number of ether oxygens (including phenoxy) is 2. The van der Waals surface area contributed by atoms with Gasteiger partial charge in [0.05, 0.1) is 5.56 Å². The van der Waals surface area contributed by atoms with Gasteiger partial charge in [0, 0.05) is 19.1 Å². The van der Waals surface area contributed by atoms with E-state index in [1.54, 1.807) is 31.4 Å². The normalized spacial score (nSPS) is 38.4. The Morgan fingerprint density at radius 1 is 1.17 bits per heavy atom. The monoisotopic (exact) mass is 334 g/mol. The molecule has 1 aliphatic carbocycles. The van der Waals surface area contributed by atoms with Crippen LogP contribution >= 0.6 is 0 Å². The number of hydrogen-bond acceptors (Lipinski definition) is 5. The fraction of sp³-hybridized carbons (Fsp3) is 0.611. The zero-order valence-electron chi connectivity index (χ0n) is 13.7. The molecule has 3 saturated heterocycles. The number of methoxy groups -OCH3 is 1. The summed E-state index contributed by atoms with van der Waals surface area (Å²) < 4.78 is 11.9. The summed E-state index contributed by atoms with van der Waals surface area (Å²) in [5, 5.41) is 9.07. The first-order valence-corrected chi connectivity index (χ1v) is 8.51. The molecule has 6 heteroatoms. The lowest BCUT2D eigenvalue weighted by molar-refractivity contribution is -0.558. The first kappa shape index (κ1) is 16.0. The zero-order chi connectivity index (χ0) is 16.8. The van der Waals surface area contributed by atoms with Crippen molar-refractivity contribution in [2.24, 2.45) is 5.92 Å². The van der Waals surface area contributed by atoms with Crippen molar-refractivity contribution in [3.63, 3.8) is 0 Å². The Labute approximate surface area is 140 Å². The summed E-state index contributed by atoms with van der Waals surface area (Å²) in [6.07, 6.45) is 5.31. The molecule has 130 valence electrons. The van der Waals surface area contributed by atoms with E-state index in [0.29, 0.717) is 12.3 Å². The van der Waals surface area contributed by atoms with Gasteiger partial charge < -0.3 is 14.6 Å². The molecule has 4 aliphatic rings. The molecule has 5 rings (SSSR count). The maximum atomic E-state index is 11.1.